The fourth-order valence-electron chi connectivity index (χ4n) is 0.287. The van der Waals surface area contributed by atoms with Crippen LogP contribution in [-0.2, 0) is 14.6 Å². The summed E-state index contributed by atoms with van der Waals surface area (Å²) in [6.07, 6.45) is 0.0851. The van der Waals surface area contributed by atoms with Crippen LogP contribution in [0.4, 0.5) is 4.79 Å². The minimum atomic E-state index is -0.809. The lowest BCUT2D eigenvalue weighted by atomic mass is 10.7. The highest BCUT2D eigenvalue weighted by atomic mass is 17.2. The van der Waals surface area contributed by atoms with Crippen molar-refractivity contribution in [3.63, 3.8) is 0 Å². The van der Waals surface area contributed by atoms with Crippen molar-refractivity contribution in [2.24, 2.45) is 0 Å². The van der Waals surface area contributed by atoms with Gasteiger partial charge in [-0.2, -0.15) is 0 Å². The van der Waals surface area contributed by atoms with Crippen LogP contribution >= 0.6 is 0 Å². The van der Waals surface area contributed by atoms with Gasteiger partial charge in [-0.1, -0.05) is 6.58 Å². The van der Waals surface area contributed by atoms with Crippen molar-refractivity contribution >= 4 is 12.1 Å². The number of rotatable bonds is 2. The Labute approximate surface area is 63.9 Å². The molecular weight excluding hydrogens is 150 g/mol. The van der Waals surface area contributed by atoms with Crippen LogP contribution in [0.25, 0.3) is 0 Å². The quantitative estimate of drug-likeness (QED) is 0.359. The van der Waals surface area contributed by atoms with Crippen molar-refractivity contribution in [3.05, 3.63) is 12.7 Å². The van der Waals surface area contributed by atoms with Crippen LogP contribution in [-0.4, -0.2) is 18.6 Å². The van der Waals surface area contributed by atoms with Crippen molar-refractivity contribution in [1.29, 1.82) is 0 Å². The molecule has 0 bridgehead atoms. The van der Waals surface area contributed by atoms with Crippen LogP contribution < -0.4 is 5.32 Å². The number of carbonyl (C=O) groups excluding carboxylic acids is 2. The number of hydrogen-bond acceptors (Lipinski definition) is 4. The molecule has 11 heavy (non-hydrogen) atoms. The molecule has 5 nitrogen and oxygen atoms in total. The molecule has 0 heterocycles. The fourth-order valence-corrected chi connectivity index (χ4v) is 0.287. The minimum Gasteiger partial charge on any atom is -0.319 e. The zero-order valence-corrected chi connectivity index (χ0v) is 6.12. The summed E-state index contributed by atoms with van der Waals surface area (Å²) in [6, 6.07) is 0. The normalized spacial score (nSPS) is 8.09. The van der Waals surface area contributed by atoms with E-state index in [9.17, 15) is 9.59 Å². The van der Waals surface area contributed by atoms with Crippen molar-refractivity contribution in [2.45, 2.75) is 6.92 Å². The molecule has 62 valence electrons. The van der Waals surface area contributed by atoms with E-state index < -0.39 is 12.1 Å². The van der Waals surface area contributed by atoms with Gasteiger partial charge in [0.05, 0.1) is 0 Å². The molecule has 5 heteroatoms. The third-order valence-electron chi connectivity index (χ3n) is 0.687. The Bertz CT molecular complexity index is 166. The van der Waals surface area contributed by atoms with Gasteiger partial charge in [-0.05, 0) is 6.92 Å². The predicted molar refractivity (Wildman–Crippen MR) is 36.4 cm³/mol. The van der Waals surface area contributed by atoms with Gasteiger partial charge in [-0.3, -0.25) is 0 Å². The first-order valence-electron chi connectivity index (χ1n) is 2.99. The van der Waals surface area contributed by atoms with E-state index in [2.05, 4.69) is 21.7 Å². The molecule has 0 aromatic carbocycles. The van der Waals surface area contributed by atoms with Gasteiger partial charge in [0.15, 0.2) is 0 Å². The van der Waals surface area contributed by atoms with E-state index in [0.717, 1.165) is 6.08 Å². The number of nitrogens with one attached hydrogen (secondary N) is 1. The average Bonchev–Trinajstić information content (AvgIpc) is 2.01. The van der Waals surface area contributed by atoms with Crippen LogP contribution in [0, 0.1) is 0 Å². The Balaban J connectivity index is 3.45. The Morgan fingerprint density at radius 1 is 1.55 bits per heavy atom. The van der Waals surface area contributed by atoms with Crippen LogP contribution in [0.15, 0.2) is 12.7 Å². The molecule has 1 amide bonds. The second kappa shape index (κ2) is 5.28. The van der Waals surface area contributed by atoms with E-state index in [1.807, 2.05) is 0 Å². The van der Waals surface area contributed by atoms with Gasteiger partial charge >= 0.3 is 12.1 Å². The molecule has 0 atom stereocenters. The average molecular weight is 159 g/mol. The van der Waals surface area contributed by atoms with E-state index in [4.69, 9.17) is 0 Å². The smallest absolute Gasteiger partial charge is 0.319 e. The highest BCUT2D eigenvalue weighted by molar-refractivity contribution is 5.81. The molecule has 0 radical (unpaired) electrons. The molecule has 1 N–H and O–H groups in total. The molecule has 0 unspecified atom stereocenters. The number of amides is 1. The Hall–Kier alpha value is -1.52. The second-order valence-electron chi connectivity index (χ2n) is 1.51. The van der Waals surface area contributed by atoms with Crippen LogP contribution in [0.2, 0.25) is 0 Å². The summed E-state index contributed by atoms with van der Waals surface area (Å²) in [4.78, 5) is 28.6. The molecule has 0 aliphatic carbocycles. The molecule has 0 saturated heterocycles. The first kappa shape index (κ1) is 9.48. The van der Waals surface area contributed by atoms with Crippen LogP contribution in [0.1, 0.15) is 6.92 Å². The standard InChI is InChI=1S/C6H9NO4/c1-3-5(8)10-11-6(9)7-4-2/h3H,1,4H2,2H3,(H,7,9). The molecule has 0 rings (SSSR count). The zero-order chi connectivity index (χ0) is 8.69. The first-order chi connectivity index (χ1) is 5.20. The lowest BCUT2D eigenvalue weighted by molar-refractivity contribution is -0.226. The Kier molecular flexibility index (Phi) is 4.55. The summed E-state index contributed by atoms with van der Waals surface area (Å²) in [6.45, 7) is 5.21. The van der Waals surface area contributed by atoms with Gasteiger partial charge in [-0.25, -0.2) is 19.4 Å². The largest absolute Gasteiger partial charge is 0.450 e. The summed E-state index contributed by atoms with van der Waals surface area (Å²) in [7, 11) is 0. The van der Waals surface area contributed by atoms with Crippen LogP contribution in [0.3, 0.4) is 0 Å². The number of carbonyl (C=O) groups is 2. The van der Waals surface area contributed by atoms with Crippen molar-refractivity contribution in [3.8, 4) is 0 Å². The second-order valence-corrected chi connectivity index (χ2v) is 1.51. The van der Waals surface area contributed by atoms with Gasteiger partial charge in [0.25, 0.3) is 0 Å². The highest BCUT2D eigenvalue weighted by Gasteiger charge is 2.03. The SMILES string of the molecule is C=CC(=O)OOC(=O)NCC. The van der Waals surface area contributed by atoms with Gasteiger partial charge in [0, 0.05) is 12.6 Å². The molecule has 0 fully saturated rings. The maximum atomic E-state index is 10.4. The minimum absolute atomic E-state index is 0.407. The molecule has 0 aromatic rings. The monoisotopic (exact) mass is 159 g/mol. The first-order valence-corrected chi connectivity index (χ1v) is 2.99. The predicted octanol–water partition coefficient (Wildman–Crippen LogP) is 0.377. The third-order valence-corrected chi connectivity index (χ3v) is 0.687. The summed E-state index contributed by atoms with van der Waals surface area (Å²) in [5.74, 6) is -0.809. The van der Waals surface area contributed by atoms with Crippen molar-refractivity contribution in [2.75, 3.05) is 6.54 Å². The Morgan fingerprint density at radius 3 is 2.64 bits per heavy atom. The lowest BCUT2D eigenvalue weighted by Crippen LogP contribution is -2.24. The van der Waals surface area contributed by atoms with E-state index in [1.54, 1.807) is 6.92 Å². The van der Waals surface area contributed by atoms with Crippen molar-refractivity contribution in [1.82, 2.24) is 5.32 Å². The van der Waals surface area contributed by atoms with E-state index in [-0.39, 0.29) is 0 Å². The fraction of sp³-hybridized carbons (Fsp3) is 0.333. The Morgan fingerprint density at radius 2 is 2.18 bits per heavy atom. The van der Waals surface area contributed by atoms with E-state index >= 15 is 0 Å². The van der Waals surface area contributed by atoms with E-state index in [1.165, 1.54) is 0 Å². The van der Waals surface area contributed by atoms with Gasteiger partial charge in [-0.15, -0.1) is 0 Å². The maximum absolute atomic E-state index is 10.4. The highest BCUT2D eigenvalue weighted by Crippen LogP contribution is 1.82. The molecule has 0 saturated carbocycles. The number of hydrogen-bond donors (Lipinski definition) is 1. The molecule has 0 spiro atoms. The summed E-state index contributed by atoms with van der Waals surface area (Å²) in [5, 5.41) is 2.25. The zero-order valence-electron chi connectivity index (χ0n) is 6.12. The van der Waals surface area contributed by atoms with Crippen LogP contribution in [0.5, 0.6) is 0 Å². The van der Waals surface area contributed by atoms with Gasteiger partial charge in [0.2, 0.25) is 0 Å². The summed E-state index contributed by atoms with van der Waals surface area (Å²) in [5.41, 5.74) is 0. The van der Waals surface area contributed by atoms with Crippen molar-refractivity contribution < 1.29 is 19.4 Å². The summed E-state index contributed by atoms with van der Waals surface area (Å²) >= 11 is 0. The lowest BCUT2D eigenvalue weighted by Gasteiger charge is -1.99. The third kappa shape index (κ3) is 4.95. The molecule has 0 aliphatic heterocycles. The topological polar surface area (TPSA) is 64.6 Å². The van der Waals surface area contributed by atoms with E-state index in [0.29, 0.717) is 6.54 Å². The van der Waals surface area contributed by atoms with Gasteiger partial charge < -0.3 is 5.32 Å². The van der Waals surface area contributed by atoms with Gasteiger partial charge in [0.1, 0.15) is 0 Å². The molecule has 0 aromatic heterocycles. The molecule has 0 aliphatic rings. The summed E-state index contributed by atoms with van der Waals surface area (Å²) < 4.78 is 0. The maximum Gasteiger partial charge on any atom is 0.450 e. The molecular formula is C6H9NO4.